The Morgan fingerprint density at radius 1 is 1.10 bits per heavy atom. The maximum atomic E-state index is 5.49. The molecule has 0 N–H and O–H groups in total. The molecule has 0 fully saturated rings. The van der Waals surface area contributed by atoms with Crippen molar-refractivity contribution >= 4 is 23.1 Å². The molecule has 0 aliphatic carbocycles. The molecule has 2 heterocycles. The summed E-state index contributed by atoms with van der Waals surface area (Å²) in [6.07, 6.45) is 0. The lowest BCUT2D eigenvalue weighted by molar-refractivity contribution is 0.416. The first-order valence-electron chi connectivity index (χ1n) is 9.40. The Labute approximate surface area is 178 Å². The minimum Gasteiger partial charge on any atom is -0.496 e. The quantitative estimate of drug-likeness (QED) is 0.358. The lowest BCUT2D eigenvalue weighted by Gasteiger charge is -2.10. The van der Waals surface area contributed by atoms with E-state index >= 15 is 0 Å². The smallest absolute Gasteiger partial charge is 0.191 e. The zero-order valence-electron chi connectivity index (χ0n) is 16.6. The summed E-state index contributed by atoms with van der Waals surface area (Å²) in [7, 11) is 1.68. The van der Waals surface area contributed by atoms with E-state index in [1.165, 1.54) is 11.1 Å². The molecule has 0 amide bonds. The highest BCUT2D eigenvalue weighted by molar-refractivity contribution is 7.98. The van der Waals surface area contributed by atoms with Crippen molar-refractivity contribution in [2.24, 2.45) is 0 Å². The summed E-state index contributed by atoms with van der Waals surface area (Å²) in [6.45, 7) is 4.99. The summed E-state index contributed by atoms with van der Waals surface area (Å²) in [4.78, 5) is 4.80. The summed E-state index contributed by atoms with van der Waals surface area (Å²) in [5.74, 6) is 2.38. The molecule has 0 saturated carbocycles. The topological polar surface area (TPSA) is 52.8 Å². The first-order valence-corrected chi connectivity index (χ1v) is 11.3. The number of nitrogens with zero attached hydrogens (tertiary/aromatic N) is 4. The molecule has 148 valence electrons. The Bertz CT molecular complexity index is 1120. The van der Waals surface area contributed by atoms with Gasteiger partial charge in [-0.1, -0.05) is 47.7 Å². The Hall–Kier alpha value is -2.64. The standard InChI is InChI=1S/C22H22N4OS2/c1-4-26-20(18-10-5-6-11-19(18)27-3)24-25-22(26)29-14-17-13-28-21(23-17)16-9-7-8-15(2)12-16/h5-13H,4,14H2,1-3H3. The van der Waals surface area contributed by atoms with Crippen molar-refractivity contribution in [1.82, 2.24) is 19.7 Å². The Kier molecular flexibility index (Phi) is 5.97. The minimum atomic E-state index is 0.756. The van der Waals surface area contributed by atoms with Gasteiger partial charge in [0, 0.05) is 23.2 Å². The second-order valence-corrected chi connectivity index (χ2v) is 8.35. The van der Waals surface area contributed by atoms with Gasteiger partial charge in [0.25, 0.3) is 0 Å². The molecule has 0 aliphatic rings. The number of ether oxygens (including phenoxy) is 1. The van der Waals surface area contributed by atoms with E-state index in [0.717, 1.165) is 45.3 Å². The van der Waals surface area contributed by atoms with Gasteiger partial charge >= 0.3 is 0 Å². The van der Waals surface area contributed by atoms with Gasteiger partial charge < -0.3 is 9.30 Å². The van der Waals surface area contributed by atoms with Crippen LogP contribution in [0.15, 0.2) is 59.1 Å². The normalized spacial score (nSPS) is 11.0. The van der Waals surface area contributed by atoms with Crippen molar-refractivity contribution in [3.63, 3.8) is 0 Å². The molecule has 0 radical (unpaired) electrons. The van der Waals surface area contributed by atoms with E-state index in [9.17, 15) is 0 Å². The van der Waals surface area contributed by atoms with Crippen molar-refractivity contribution in [3.8, 4) is 27.7 Å². The van der Waals surface area contributed by atoms with Crippen LogP contribution in [0.25, 0.3) is 22.0 Å². The van der Waals surface area contributed by atoms with Gasteiger partial charge in [0.2, 0.25) is 0 Å². The number of thiazole rings is 1. The van der Waals surface area contributed by atoms with E-state index in [1.807, 2.05) is 24.3 Å². The molecule has 0 atom stereocenters. The van der Waals surface area contributed by atoms with E-state index in [-0.39, 0.29) is 0 Å². The van der Waals surface area contributed by atoms with Crippen LogP contribution < -0.4 is 4.74 Å². The number of para-hydroxylation sites is 1. The van der Waals surface area contributed by atoms with Crippen LogP contribution in [0, 0.1) is 6.92 Å². The average Bonchev–Trinajstić information content (AvgIpc) is 3.39. The molecule has 29 heavy (non-hydrogen) atoms. The maximum absolute atomic E-state index is 5.49. The van der Waals surface area contributed by atoms with Crippen LogP contribution in [-0.4, -0.2) is 26.9 Å². The molecular weight excluding hydrogens is 400 g/mol. The fraction of sp³-hybridized carbons (Fsp3) is 0.227. The molecule has 2 aromatic carbocycles. The molecule has 4 rings (SSSR count). The molecule has 7 heteroatoms. The lowest BCUT2D eigenvalue weighted by Crippen LogP contribution is -2.01. The van der Waals surface area contributed by atoms with E-state index < -0.39 is 0 Å². The molecule has 0 saturated heterocycles. The Morgan fingerprint density at radius 2 is 1.97 bits per heavy atom. The van der Waals surface area contributed by atoms with Crippen molar-refractivity contribution < 1.29 is 4.74 Å². The summed E-state index contributed by atoms with van der Waals surface area (Å²) >= 11 is 3.34. The van der Waals surface area contributed by atoms with Crippen LogP contribution in [0.2, 0.25) is 0 Å². The first kappa shape index (κ1) is 19.7. The van der Waals surface area contributed by atoms with Gasteiger partial charge in [-0.15, -0.1) is 21.5 Å². The number of thioether (sulfide) groups is 1. The minimum absolute atomic E-state index is 0.756. The van der Waals surface area contributed by atoms with Crippen molar-refractivity contribution in [1.29, 1.82) is 0 Å². The average molecular weight is 423 g/mol. The SMILES string of the molecule is CCn1c(SCc2csc(-c3cccc(C)c3)n2)nnc1-c1ccccc1OC. The summed E-state index contributed by atoms with van der Waals surface area (Å²) in [5, 5.41) is 12.9. The highest BCUT2D eigenvalue weighted by Crippen LogP contribution is 2.32. The van der Waals surface area contributed by atoms with Crippen molar-refractivity contribution in [2.45, 2.75) is 31.3 Å². The molecule has 2 aromatic heterocycles. The van der Waals surface area contributed by atoms with Gasteiger partial charge in [-0.2, -0.15) is 0 Å². The Balaban J connectivity index is 1.53. The molecule has 0 aliphatic heterocycles. The molecular formula is C22H22N4OS2. The van der Waals surface area contributed by atoms with Crippen LogP contribution in [0.1, 0.15) is 18.2 Å². The van der Waals surface area contributed by atoms with E-state index in [0.29, 0.717) is 0 Å². The number of methoxy groups -OCH3 is 1. The van der Waals surface area contributed by atoms with Gasteiger partial charge in [0.15, 0.2) is 11.0 Å². The van der Waals surface area contributed by atoms with Crippen LogP contribution in [0.4, 0.5) is 0 Å². The van der Waals surface area contributed by atoms with Crippen LogP contribution in [0.3, 0.4) is 0 Å². The largest absolute Gasteiger partial charge is 0.496 e. The highest BCUT2D eigenvalue weighted by Gasteiger charge is 2.17. The van der Waals surface area contributed by atoms with Crippen LogP contribution in [0.5, 0.6) is 5.75 Å². The van der Waals surface area contributed by atoms with E-state index in [1.54, 1.807) is 30.2 Å². The van der Waals surface area contributed by atoms with Crippen molar-refractivity contribution in [2.75, 3.05) is 7.11 Å². The number of hydrogen-bond donors (Lipinski definition) is 0. The van der Waals surface area contributed by atoms with E-state index in [4.69, 9.17) is 9.72 Å². The molecule has 0 bridgehead atoms. The predicted octanol–water partition coefficient (Wildman–Crippen LogP) is 5.70. The highest BCUT2D eigenvalue weighted by atomic mass is 32.2. The van der Waals surface area contributed by atoms with Crippen molar-refractivity contribution in [3.05, 3.63) is 65.2 Å². The number of aromatic nitrogens is 4. The number of benzene rings is 2. The molecule has 0 unspecified atom stereocenters. The monoisotopic (exact) mass is 422 g/mol. The first-order chi connectivity index (χ1) is 14.2. The van der Waals surface area contributed by atoms with Gasteiger partial charge in [-0.25, -0.2) is 4.98 Å². The van der Waals surface area contributed by atoms with Gasteiger partial charge in [0.1, 0.15) is 10.8 Å². The molecule has 5 nitrogen and oxygen atoms in total. The third kappa shape index (κ3) is 4.21. The van der Waals surface area contributed by atoms with Gasteiger partial charge in [-0.05, 0) is 32.0 Å². The zero-order chi connectivity index (χ0) is 20.2. The number of aryl methyl sites for hydroxylation is 1. The maximum Gasteiger partial charge on any atom is 0.191 e. The second kappa shape index (κ2) is 8.80. The fourth-order valence-electron chi connectivity index (χ4n) is 3.13. The number of rotatable bonds is 7. The van der Waals surface area contributed by atoms with Gasteiger partial charge in [-0.3, -0.25) is 0 Å². The predicted molar refractivity (Wildman–Crippen MR) is 120 cm³/mol. The van der Waals surface area contributed by atoms with Crippen LogP contribution >= 0.6 is 23.1 Å². The third-order valence-corrected chi connectivity index (χ3v) is 6.49. The number of hydrogen-bond acceptors (Lipinski definition) is 6. The lowest BCUT2D eigenvalue weighted by atomic mass is 10.1. The zero-order valence-corrected chi connectivity index (χ0v) is 18.3. The van der Waals surface area contributed by atoms with Gasteiger partial charge in [0.05, 0.1) is 18.4 Å². The third-order valence-electron chi connectivity index (χ3n) is 4.55. The van der Waals surface area contributed by atoms with E-state index in [2.05, 4.69) is 58.3 Å². The molecule has 0 spiro atoms. The second-order valence-electron chi connectivity index (χ2n) is 6.55. The summed E-state index contributed by atoms with van der Waals surface area (Å²) in [5.41, 5.74) is 4.42. The summed E-state index contributed by atoms with van der Waals surface area (Å²) < 4.78 is 7.62. The fourth-order valence-corrected chi connectivity index (χ4v) is 4.95. The van der Waals surface area contributed by atoms with Crippen LogP contribution in [-0.2, 0) is 12.3 Å². The Morgan fingerprint density at radius 3 is 2.76 bits per heavy atom. The molecule has 4 aromatic rings. The summed E-state index contributed by atoms with van der Waals surface area (Å²) in [6, 6.07) is 16.4.